The smallest absolute Gasteiger partial charge is 0.321 e. The second-order valence-electron chi connectivity index (χ2n) is 5.93. The number of morpholine rings is 1. The van der Waals surface area contributed by atoms with Crippen molar-refractivity contribution in [1.82, 2.24) is 9.80 Å². The highest BCUT2D eigenvalue weighted by Gasteiger charge is 2.22. The second kappa shape index (κ2) is 6.91. The molecule has 0 spiro atoms. The first-order valence-corrected chi connectivity index (χ1v) is 7.39. The van der Waals surface area contributed by atoms with Gasteiger partial charge in [0, 0.05) is 39.4 Å². The van der Waals surface area contributed by atoms with E-state index in [1.165, 1.54) is 4.90 Å². The van der Waals surface area contributed by atoms with Gasteiger partial charge in [0.15, 0.2) is 0 Å². The molecule has 2 atom stereocenters. The molecule has 2 rings (SSSR count). The molecule has 0 aromatic heterocycles. The zero-order chi connectivity index (χ0) is 15.4. The normalized spacial score (nSPS) is 22.9. The van der Waals surface area contributed by atoms with Crippen LogP contribution in [0.1, 0.15) is 19.4 Å². The first-order chi connectivity index (χ1) is 9.95. The maximum atomic E-state index is 11.8. The van der Waals surface area contributed by atoms with Gasteiger partial charge in [-0.3, -0.25) is 4.90 Å². The summed E-state index contributed by atoms with van der Waals surface area (Å²) in [5, 5.41) is 2.95. The Kier molecular flexibility index (Phi) is 5.20. The van der Waals surface area contributed by atoms with E-state index in [0.29, 0.717) is 0 Å². The maximum absolute atomic E-state index is 11.8. The summed E-state index contributed by atoms with van der Waals surface area (Å²) in [6, 6.07) is 7.86. The predicted molar refractivity (Wildman–Crippen MR) is 84.4 cm³/mol. The van der Waals surface area contributed by atoms with Crippen LogP contribution >= 0.6 is 0 Å². The first kappa shape index (κ1) is 15.8. The number of rotatable bonds is 3. The van der Waals surface area contributed by atoms with E-state index in [2.05, 4.69) is 30.1 Å². The minimum Gasteiger partial charge on any atom is -0.373 e. The van der Waals surface area contributed by atoms with Gasteiger partial charge in [-0.25, -0.2) is 4.79 Å². The van der Waals surface area contributed by atoms with Crippen molar-refractivity contribution in [2.75, 3.05) is 32.5 Å². The SMILES string of the molecule is C[C@H]1CN(Cc2ccccc2NC(=O)N(C)C)C[C@H](C)O1. The zero-order valence-electron chi connectivity index (χ0n) is 13.3. The molecule has 116 valence electrons. The summed E-state index contributed by atoms with van der Waals surface area (Å²) in [5.74, 6) is 0. The van der Waals surface area contributed by atoms with Crippen LogP contribution in [-0.4, -0.2) is 55.2 Å². The van der Waals surface area contributed by atoms with Crippen molar-refractivity contribution in [2.24, 2.45) is 0 Å². The van der Waals surface area contributed by atoms with Crippen LogP contribution in [0.3, 0.4) is 0 Å². The van der Waals surface area contributed by atoms with Gasteiger partial charge in [-0.05, 0) is 25.5 Å². The van der Waals surface area contributed by atoms with E-state index in [9.17, 15) is 4.79 Å². The number of para-hydroxylation sites is 1. The maximum Gasteiger partial charge on any atom is 0.321 e. The largest absolute Gasteiger partial charge is 0.373 e. The van der Waals surface area contributed by atoms with Gasteiger partial charge in [-0.15, -0.1) is 0 Å². The molecule has 1 aliphatic heterocycles. The fraction of sp³-hybridized carbons (Fsp3) is 0.562. The number of benzene rings is 1. The van der Waals surface area contributed by atoms with Crippen molar-refractivity contribution in [3.8, 4) is 0 Å². The lowest BCUT2D eigenvalue weighted by molar-refractivity contribution is -0.0704. The van der Waals surface area contributed by atoms with Crippen LogP contribution in [0.4, 0.5) is 10.5 Å². The Hall–Kier alpha value is -1.59. The van der Waals surface area contributed by atoms with Crippen molar-refractivity contribution >= 4 is 11.7 Å². The van der Waals surface area contributed by atoms with Crippen molar-refractivity contribution < 1.29 is 9.53 Å². The number of carbonyl (C=O) groups excluding carboxylic acids is 1. The molecule has 0 radical (unpaired) electrons. The number of ether oxygens (including phenoxy) is 1. The molecular weight excluding hydrogens is 266 g/mol. The molecule has 1 aliphatic rings. The Morgan fingerprint density at radius 2 is 1.90 bits per heavy atom. The van der Waals surface area contributed by atoms with E-state index in [1.807, 2.05) is 18.2 Å². The third-order valence-electron chi connectivity index (χ3n) is 3.55. The van der Waals surface area contributed by atoms with Gasteiger partial charge >= 0.3 is 6.03 Å². The molecule has 0 unspecified atom stereocenters. The van der Waals surface area contributed by atoms with Gasteiger partial charge in [-0.1, -0.05) is 18.2 Å². The molecule has 1 saturated heterocycles. The Bertz CT molecular complexity index is 480. The standard InChI is InChI=1S/C16H25N3O2/c1-12-9-19(10-13(2)21-12)11-14-7-5-6-8-15(14)17-16(20)18(3)4/h5-8,12-13H,9-11H2,1-4H3,(H,17,20)/t12-,13-/m0/s1. The van der Waals surface area contributed by atoms with E-state index in [0.717, 1.165) is 30.9 Å². The van der Waals surface area contributed by atoms with Crippen LogP contribution in [0, 0.1) is 0 Å². The lowest BCUT2D eigenvalue weighted by Gasteiger charge is -2.35. The highest BCUT2D eigenvalue weighted by atomic mass is 16.5. The van der Waals surface area contributed by atoms with Gasteiger partial charge in [0.2, 0.25) is 0 Å². The summed E-state index contributed by atoms with van der Waals surface area (Å²) in [5.41, 5.74) is 2.01. The highest BCUT2D eigenvalue weighted by Crippen LogP contribution is 2.20. The summed E-state index contributed by atoms with van der Waals surface area (Å²) in [6.45, 7) is 6.85. The summed E-state index contributed by atoms with van der Waals surface area (Å²) in [7, 11) is 3.48. The van der Waals surface area contributed by atoms with Crippen LogP contribution in [0.25, 0.3) is 0 Å². The van der Waals surface area contributed by atoms with Crippen LogP contribution < -0.4 is 5.32 Å². The van der Waals surface area contributed by atoms with Gasteiger partial charge in [0.25, 0.3) is 0 Å². The second-order valence-corrected chi connectivity index (χ2v) is 5.93. The van der Waals surface area contributed by atoms with Gasteiger partial charge in [0.05, 0.1) is 12.2 Å². The molecule has 5 heteroatoms. The summed E-state index contributed by atoms with van der Waals surface area (Å²) < 4.78 is 5.76. The molecule has 21 heavy (non-hydrogen) atoms. The molecule has 5 nitrogen and oxygen atoms in total. The number of amides is 2. The molecule has 0 bridgehead atoms. The monoisotopic (exact) mass is 291 g/mol. The topological polar surface area (TPSA) is 44.8 Å². The molecule has 2 amide bonds. The summed E-state index contributed by atoms with van der Waals surface area (Å²) in [6.07, 6.45) is 0.495. The summed E-state index contributed by atoms with van der Waals surface area (Å²) in [4.78, 5) is 15.8. The minimum atomic E-state index is -0.105. The first-order valence-electron chi connectivity index (χ1n) is 7.39. The number of urea groups is 1. The number of nitrogens with zero attached hydrogens (tertiary/aromatic N) is 2. The Balaban J connectivity index is 2.07. The third-order valence-corrected chi connectivity index (χ3v) is 3.55. The van der Waals surface area contributed by atoms with E-state index < -0.39 is 0 Å². The van der Waals surface area contributed by atoms with Crippen LogP contribution in [0.5, 0.6) is 0 Å². The zero-order valence-corrected chi connectivity index (χ0v) is 13.3. The molecule has 1 aromatic rings. The molecular formula is C16H25N3O2. The van der Waals surface area contributed by atoms with E-state index in [-0.39, 0.29) is 18.2 Å². The van der Waals surface area contributed by atoms with Crippen molar-refractivity contribution in [1.29, 1.82) is 0 Å². The van der Waals surface area contributed by atoms with E-state index in [1.54, 1.807) is 14.1 Å². The molecule has 1 fully saturated rings. The van der Waals surface area contributed by atoms with Gasteiger partial charge in [0.1, 0.15) is 0 Å². The van der Waals surface area contributed by atoms with E-state index in [4.69, 9.17) is 4.74 Å². The lowest BCUT2D eigenvalue weighted by Crippen LogP contribution is -2.44. The van der Waals surface area contributed by atoms with Gasteiger partial charge < -0.3 is 15.0 Å². The Morgan fingerprint density at radius 3 is 2.52 bits per heavy atom. The molecule has 1 heterocycles. The number of nitrogens with one attached hydrogen (secondary N) is 1. The number of carbonyl (C=O) groups is 1. The molecule has 1 aromatic carbocycles. The molecule has 0 aliphatic carbocycles. The van der Waals surface area contributed by atoms with Gasteiger partial charge in [-0.2, -0.15) is 0 Å². The number of anilines is 1. The van der Waals surface area contributed by atoms with E-state index >= 15 is 0 Å². The number of hydrogen-bond acceptors (Lipinski definition) is 3. The molecule has 0 saturated carbocycles. The van der Waals surface area contributed by atoms with Crippen LogP contribution in [-0.2, 0) is 11.3 Å². The predicted octanol–water partition coefficient (Wildman–Crippen LogP) is 2.39. The van der Waals surface area contributed by atoms with Crippen LogP contribution in [0.15, 0.2) is 24.3 Å². The number of hydrogen-bond donors (Lipinski definition) is 1. The van der Waals surface area contributed by atoms with Crippen molar-refractivity contribution in [2.45, 2.75) is 32.6 Å². The Morgan fingerprint density at radius 1 is 1.29 bits per heavy atom. The Labute approximate surface area is 126 Å². The average molecular weight is 291 g/mol. The minimum absolute atomic E-state index is 0.105. The molecule has 1 N–H and O–H groups in total. The average Bonchev–Trinajstić information content (AvgIpc) is 2.39. The lowest BCUT2D eigenvalue weighted by atomic mass is 10.1. The summed E-state index contributed by atoms with van der Waals surface area (Å²) >= 11 is 0. The third kappa shape index (κ3) is 4.44. The van der Waals surface area contributed by atoms with Crippen molar-refractivity contribution in [3.05, 3.63) is 29.8 Å². The van der Waals surface area contributed by atoms with Crippen molar-refractivity contribution in [3.63, 3.8) is 0 Å². The fourth-order valence-electron chi connectivity index (χ4n) is 2.66. The highest BCUT2D eigenvalue weighted by molar-refractivity contribution is 5.89. The van der Waals surface area contributed by atoms with Crippen LogP contribution in [0.2, 0.25) is 0 Å². The quantitative estimate of drug-likeness (QED) is 0.930. The fourth-order valence-corrected chi connectivity index (χ4v) is 2.66.